The Kier molecular flexibility index (Phi) is 9.07. The Balaban J connectivity index is 1.65. The summed E-state index contributed by atoms with van der Waals surface area (Å²) in [5, 5.41) is 10.8. The fraction of sp³-hybridized carbons (Fsp3) is 0.273. The molecule has 1 N–H and O–H groups in total. The monoisotopic (exact) mass is 536 g/mol. The highest BCUT2D eigenvalue weighted by Gasteiger charge is 2.19. The molecule has 3 aromatic rings. The molecule has 0 saturated carbocycles. The SMILES string of the molecule is CCOc1ccc(N(Cc2ccc(C(=O)Nc3nnc(SCC(=O)OC)s3)cc2)S(C)(=O)=O)cc1. The molecule has 0 aliphatic heterocycles. The van der Waals surface area contributed by atoms with Crippen LogP contribution in [0.4, 0.5) is 10.8 Å². The van der Waals surface area contributed by atoms with Gasteiger partial charge in [-0.1, -0.05) is 35.2 Å². The van der Waals surface area contributed by atoms with E-state index in [0.717, 1.165) is 17.6 Å². The number of carbonyl (C=O) groups excluding carboxylic acids is 2. The fourth-order valence-corrected chi connectivity index (χ4v) is 5.34. The quantitative estimate of drug-likeness (QED) is 0.223. The van der Waals surface area contributed by atoms with Crippen molar-refractivity contribution in [1.29, 1.82) is 0 Å². The van der Waals surface area contributed by atoms with Gasteiger partial charge in [-0.3, -0.25) is 19.2 Å². The average molecular weight is 537 g/mol. The first-order chi connectivity index (χ1) is 16.7. The molecule has 0 aliphatic rings. The van der Waals surface area contributed by atoms with Gasteiger partial charge in [0.2, 0.25) is 15.2 Å². The van der Waals surface area contributed by atoms with E-state index in [2.05, 4.69) is 20.3 Å². The lowest BCUT2D eigenvalue weighted by molar-refractivity contribution is -0.137. The van der Waals surface area contributed by atoms with Gasteiger partial charge in [-0.25, -0.2) is 8.42 Å². The number of hydrogen-bond acceptors (Lipinski definition) is 10. The lowest BCUT2D eigenvalue weighted by atomic mass is 10.1. The van der Waals surface area contributed by atoms with Gasteiger partial charge >= 0.3 is 5.97 Å². The van der Waals surface area contributed by atoms with Gasteiger partial charge in [0.15, 0.2) is 4.34 Å². The van der Waals surface area contributed by atoms with Crippen molar-refractivity contribution in [3.63, 3.8) is 0 Å². The minimum absolute atomic E-state index is 0.0989. The first-order valence-corrected chi connectivity index (χ1v) is 14.0. The summed E-state index contributed by atoms with van der Waals surface area (Å²) in [5.74, 6) is -0.0111. The third kappa shape index (κ3) is 7.67. The van der Waals surface area contributed by atoms with Crippen LogP contribution in [0.15, 0.2) is 52.9 Å². The Hall–Kier alpha value is -3.16. The Morgan fingerprint density at radius 3 is 2.37 bits per heavy atom. The zero-order chi connectivity index (χ0) is 25.4. The number of rotatable bonds is 11. The van der Waals surface area contributed by atoms with Gasteiger partial charge in [0.25, 0.3) is 5.91 Å². The first-order valence-electron chi connectivity index (χ1n) is 10.3. The molecule has 1 amide bonds. The summed E-state index contributed by atoms with van der Waals surface area (Å²) in [7, 11) is -2.25. The Morgan fingerprint density at radius 1 is 1.09 bits per heavy atom. The highest BCUT2D eigenvalue weighted by Crippen LogP contribution is 2.26. The molecule has 0 spiro atoms. The predicted octanol–water partition coefficient (Wildman–Crippen LogP) is 3.42. The summed E-state index contributed by atoms with van der Waals surface area (Å²) >= 11 is 2.31. The van der Waals surface area contributed by atoms with Gasteiger partial charge in [0.1, 0.15) is 5.75 Å². The summed E-state index contributed by atoms with van der Waals surface area (Å²) < 4.78 is 36.6. The van der Waals surface area contributed by atoms with Crippen molar-refractivity contribution in [1.82, 2.24) is 10.2 Å². The number of sulfonamides is 1. The van der Waals surface area contributed by atoms with Crippen molar-refractivity contribution in [3.8, 4) is 5.75 Å². The third-order valence-corrected chi connectivity index (χ3v) is 7.63. The Morgan fingerprint density at radius 2 is 1.77 bits per heavy atom. The van der Waals surface area contributed by atoms with Gasteiger partial charge in [-0.2, -0.15) is 0 Å². The lowest BCUT2D eigenvalue weighted by Gasteiger charge is -2.23. The number of amides is 1. The molecule has 3 rings (SSSR count). The molecule has 2 aromatic carbocycles. The van der Waals surface area contributed by atoms with E-state index >= 15 is 0 Å². The van der Waals surface area contributed by atoms with Crippen LogP contribution in [0.1, 0.15) is 22.8 Å². The van der Waals surface area contributed by atoms with Crippen LogP contribution in [-0.2, 0) is 26.1 Å². The lowest BCUT2D eigenvalue weighted by Crippen LogP contribution is -2.29. The number of hydrogen-bond donors (Lipinski definition) is 1. The number of methoxy groups -OCH3 is 1. The van der Waals surface area contributed by atoms with Crippen LogP contribution < -0.4 is 14.4 Å². The third-order valence-electron chi connectivity index (χ3n) is 4.55. The van der Waals surface area contributed by atoms with E-state index in [1.54, 1.807) is 48.5 Å². The van der Waals surface area contributed by atoms with Gasteiger partial charge < -0.3 is 9.47 Å². The highest BCUT2D eigenvalue weighted by atomic mass is 32.2. The normalized spacial score (nSPS) is 11.1. The number of benzene rings is 2. The van der Waals surface area contributed by atoms with E-state index in [1.165, 1.54) is 23.2 Å². The molecule has 0 aliphatic carbocycles. The standard InChI is InChI=1S/C22H24N4O6S3/c1-4-32-18-11-9-17(10-12-18)26(35(3,29)30)13-15-5-7-16(8-6-15)20(28)23-21-24-25-22(34-21)33-14-19(27)31-2/h5-12H,4,13-14H2,1-3H3,(H,23,24,28). The van der Waals surface area contributed by atoms with Crippen molar-refractivity contribution in [2.75, 3.05) is 35.3 Å². The largest absolute Gasteiger partial charge is 0.494 e. The molecule has 0 unspecified atom stereocenters. The summed E-state index contributed by atoms with van der Waals surface area (Å²) in [4.78, 5) is 23.8. The maximum Gasteiger partial charge on any atom is 0.316 e. The second-order valence-electron chi connectivity index (χ2n) is 7.09. The molecular weight excluding hydrogens is 512 g/mol. The number of thioether (sulfide) groups is 1. The van der Waals surface area contributed by atoms with Gasteiger partial charge in [0, 0.05) is 5.56 Å². The summed E-state index contributed by atoms with van der Waals surface area (Å²) in [6, 6.07) is 13.4. The topological polar surface area (TPSA) is 128 Å². The number of anilines is 2. The number of esters is 1. The molecule has 0 atom stereocenters. The molecule has 0 bridgehead atoms. The van der Waals surface area contributed by atoms with E-state index in [-0.39, 0.29) is 24.2 Å². The maximum absolute atomic E-state index is 12.6. The average Bonchev–Trinajstić information content (AvgIpc) is 3.28. The Bertz CT molecular complexity index is 1260. The van der Waals surface area contributed by atoms with Crippen molar-refractivity contribution in [2.24, 2.45) is 0 Å². The predicted molar refractivity (Wildman–Crippen MR) is 136 cm³/mol. The molecule has 1 aromatic heterocycles. The van der Waals surface area contributed by atoms with E-state index in [4.69, 9.17) is 4.74 Å². The van der Waals surface area contributed by atoms with Crippen LogP contribution in [0, 0.1) is 0 Å². The van der Waals surface area contributed by atoms with Gasteiger partial charge in [0.05, 0.1) is 38.0 Å². The molecule has 0 saturated heterocycles. The van der Waals surface area contributed by atoms with Crippen molar-refractivity contribution in [2.45, 2.75) is 17.8 Å². The van der Waals surface area contributed by atoms with E-state index in [1.807, 2.05) is 6.92 Å². The minimum Gasteiger partial charge on any atom is -0.494 e. The molecule has 13 heteroatoms. The smallest absolute Gasteiger partial charge is 0.316 e. The summed E-state index contributed by atoms with van der Waals surface area (Å²) in [5.41, 5.74) is 1.59. The molecule has 0 radical (unpaired) electrons. The van der Waals surface area contributed by atoms with Gasteiger partial charge in [-0.05, 0) is 48.9 Å². The number of nitrogens with one attached hydrogen (secondary N) is 1. The van der Waals surface area contributed by atoms with Gasteiger partial charge in [-0.15, -0.1) is 10.2 Å². The van der Waals surface area contributed by atoms with Crippen LogP contribution in [0.3, 0.4) is 0 Å². The number of aromatic nitrogens is 2. The van der Waals surface area contributed by atoms with Crippen LogP contribution in [-0.4, -0.2) is 56.2 Å². The minimum atomic E-state index is -3.55. The van der Waals surface area contributed by atoms with Crippen LogP contribution in [0.5, 0.6) is 5.75 Å². The maximum atomic E-state index is 12.6. The molecular formula is C22H24N4O6S3. The van der Waals surface area contributed by atoms with E-state index < -0.39 is 10.0 Å². The van der Waals surface area contributed by atoms with Crippen LogP contribution in [0.2, 0.25) is 0 Å². The van der Waals surface area contributed by atoms with Crippen molar-refractivity contribution in [3.05, 3.63) is 59.7 Å². The molecule has 35 heavy (non-hydrogen) atoms. The zero-order valence-electron chi connectivity index (χ0n) is 19.3. The molecule has 0 fully saturated rings. The van der Waals surface area contributed by atoms with Crippen LogP contribution >= 0.6 is 23.1 Å². The highest BCUT2D eigenvalue weighted by molar-refractivity contribution is 8.01. The zero-order valence-corrected chi connectivity index (χ0v) is 21.7. The van der Waals surface area contributed by atoms with E-state index in [0.29, 0.717) is 38.6 Å². The second kappa shape index (κ2) is 12.0. The molecule has 186 valence electrons. The number of carbonyl (C=O) groups is 2. The molecule has 10 nitrogen and oxygen atoms in total. The fourth-order valence-electron chi connectivity index (χ4n) is 2.87. The van der Waals surface area contributed by atoms with Crippen LogP contribution in [0.25, 0.3) is 0 Å². The van der Waals surface area contributed by atoms with Crippen molar-refractivity contribution >= 4 is 55.8 Å². The van der Waals surface area contributed by atoms with E-state index in [9.17, 15) is 18.0 Å². The molecule has 1 heterocycles. The Labute approximate surface area is 211 Å². The van der Waals surface area contributed by atoms with Crippen molar-refractivity contribution < 1.29 is 27.5 Å². The first kappa shape index (κ1) is 26.4. The number of ether oxygens (including phenoxy) is 2. The number of nitrogens with zero attached hydrogens (tertiary/aromatic N) is 3. The summed E-state index contributed by atoms with van der Waals surface area (Å²) in [6.07, 6.45) is 1.14. The summed E-state index contributed by atoms with van der Waals surface area (Å²) in [6.45, 7) is 2.49. The second-order valence-corrected chi connectivity index (χ2v) is 11.2.